The number of anilines is 1. The first-order valence-electron chi connectivity index (χ1n) is 8.45. The molecular weight excluding hydrogens is 376 g/mol. The van der Waals surface area contributed by atoms with Crippen LogP contribution < -0.4 is 15.4 Å². The molecule has 1 saturated heterocycles. The van der Waals surface area contributed by atoms with Gasteiger partial charge in [0.1, 0.15) is 0 Å². The molecule has 144 valence electrons. The second-order valence-corrected chi connectivity index (χ2v) is 7.94. The van der Waals surface area contributed by atoms with Crippen molar-refractivity contribution in [3.05, 3.63) is 59.7 Å². The van der Waals surface area contributed by atoms with E-state index in [9.17, 15) is 22.0 Å². The van der Waals surface area contributed by atoms with Gasteiger partial charge < -0.3 is 10.6 Å². The highest BCUT2D eigenvalue weighted by Gasteiger charge is 2.18. The van der Waals surface area contributed by atoms with Gasteiger partial charge in [-0.2, -0.15) is 0 Å². The van der Waals surface area contributed by atoms with Crippen LogP contribution in [-0.2, 0) is 10.0 Å². The highest BCUT2D eigenvalue weighted by atomic mass is 32.2. The summed E-state index contributed by atoms with van der Waals surface area (Å²) in [6, 6.07) is 8.33. The van der Waals surface area contributed by atoms with Crippen LogP contribution in [0.15, 0.2) is 47.4 Å². The van der Waals surface area contributed by atoms with E-state index in [-0.39, 0.29) is 17.6 Å². The van der Waals surface area contributed by atoms with Gasteiger partial charge in [-0.15, -0.1) is 0 Å². The van der Waals surface area contributed by atoms with Crippen molar-refractivity contribution in [2.45, 2.75) is 23.8 Å². The summed E-state index contributed by atoms with van der Waals surface area (Å²) in [6.07, 6.45) is 1.72. The van der Waals surface area contributed by atoms with Crippen LogP contribution in [0.5, 0.6) is 0 Å². The lowest BCUT2D eigenvalue weighted by atomic mass is 10.1. The van der Waals surface area contributed by atoms with E-state index < -0.39 is 26.6 Å². The van der Waals surface area contributed by atoms with E-state index >= 15 is 0 Å². The lowest BCUT2D eigenvalue weighted by Crippen LogP contribution is -2.42. The average Bonchev–Trinajstić information content (AvgIpc) is 2.65. The average molecular weight is 395 g/mol. The maximum Gasteiger partial charge on any atom is 0.261 e. The lowest BCUT2D eigenvalue weighted by molar-refractivity contribution is 0.0929. The Kier molecular flexibility index (Phi) is 5.71. The van der Waals surface area contributed by atoms with E-state index in [4.69, 9.17) is 0 Å². The first-order valence-corrected chi connectivity index (χ1v) is 9.93. The molecule has 0 saturated carbocycles. The minimum absolute atomic E-state index is 0.116. The number of nitrogens with one attached hydrogen (secondary N) is 3. The molecule has 2 aromatic carbocycles. The molecule has 3 rings (SSSR count). The Balaban J connectivity index is 1.67. The summed E-state index contributed by atoms with van der Waals surface area (Å²) in [5.74, 6) is -2.60. The maximum absolute atomic E-state index is 13.3. The number of carbonyl (C=O) groups excluding carboxylic acids is 1. The Bertz CT molecular complexity index is 927. The van der Waals surface area contributed by atoms with Crippen LogP contribution in [0.3, 0.4) is 0 Å². The predicted octanol–water partition coefficient (Wildman–Crippen LogP) is 2.25. The van der Waals surface area contributed by atoms with Gasteiger partial charge in [0.2, 0.25) is 0 Å². The van der Waals surface area contributed by atoms with E-state index in [1.165, 1.54) is 24.3 Å². The van der Waals surface area contributed by atoms with E-state index in [1.54, 1.807) is 0 Å². The van der Waals surface area contributed by atoms with Crippen molar-refractivity contribution in [2.24, 2.45) is 0 Å². The molecule has 0 aliphatic carbocycles. The molecule has 1 fully saturated rings. The fourth-order valence-corrected chi connectivity index (χ4v) is 3.85. The second kappa shape index (κ2) is 8.01. The van der Waals surface area contributed by atoms with Crippen molar-refractivity contribution in [3.63, 3.8) is 0 Å². The fourth-order valence-electron chi connectivity index (χ4n) is 2.78. The Morgan fingerprint density at radius 3 is 2.30 bits per heavy atom. The molecule has 3 N–H and O–H groups in total. The van der Waals surface area contributed by atoms with Crippen molar-refractivity contribution in [2.75, 3.05) is 17.8 Å². The summed E-state index contributed by atoms with van der Waals surface area (Å²) in [6.45, 7) is 1.71. The van der Waals surface area contributed by atoms with Gasteiger partial charge in [-0.25, -0.2) is 17.2 Å². The number of rotatable bonds is 5. The van der Waals surface area contributed by atoms with Gasteiger partial charge >= 0.3 is 0 Å². The molecule has 1 aliphatic rings. The first-order chi connectivity index (χ1) is 12.8. The minimum atomic E-state index is -4.07. The number of hydrogen-bond donors (Lipinski definition) is 3. The topological polar surface area (TPSA) is 87.3 Å². The lowest BCUT2D eigenvalue weighted by Gasteiger charge is -2.23. The molecule has 1 aliphatic heterocycles. The summed E-state index contributed by atoms with van der Waals surface area (Å²) in [4.78, 5) is 11.9. The number of sulfonamides is 1. The Hall–Kier alpha value is -2.52. The summed E-state index contributed by atoms with van der Waals surface area (Å²) in [5, 5.41) is 6.16. The van der Waals surface area contributed by atoms with Crippen LogP contribution >= 0.6 is 0 Å². The summed E-state index contributed by atoms with van der Waals surface area (Å²) >= 11 is 0. The van der Waals surface area contributed by atoms with Crippen LogP contribution in [0.2, 0.25) is 0 Å². The van der Waals surface area contributed by atoms with Gasteiger partial charge in [0.25, 0.3) is 15.9 Å². The van der Waals surface area contributed by atoms with Crippen LogP contribution in [0, 0.1) is 11.6 Å². The smallest absolute Gasteiger partial charge is 0.261 e. The number of carbonyl (C=O) groups is 1. The number of piperidine rings is 1. The highest BCUT2D eigenvalue weighted by molar-refractivity contribution is 7.92. The molecule has 0 radical (unpaired) electrons. The third-order valence-corrected chi connectivity index (χ3v) is 5.65. The summed E-state index contributed by atoms with van der Waals surface area (Å²) < 4.78 is 53.0. The third kappa shape index (κ3) is 4.81. The van der Waals surface area contributed by atoms with Crippen molar-refractivity contribution in [3.8, 4) is 0 Å². The van der Waals surface area contributed by atoms with Crippen LogP contribution in [0.4, 0.5) is 14.5 Å². The largest absolute Gasteiger partial charge is 0.349 e. The molecule has 27 heavy (non-hydrogen) atoms. The van der Waals surface area contributed by atoms with Crippen LogP contribution in [0.1, 0.15) is 23.2 Å². The molecule has 0 aromatic heterocycles. The van der Waals surface area contributed by atoms with Crippen LogP contribution in [-0.4, -0.2) is 33.5 Å². The quantitative estimate of drug-likeness (QED) is 0.725. The van der Waals surface area contributed by atoms with Crippen molar-refractivity contribution in [1.29, 1.82) is 0 Å². The van der Waals surface area contributed by atoms with E-state index in [0.717, 1.165) is 38.1 Å². The van der Waals surface area contributed by atoms with Crippen LogP contribution in [0.25, 0.3) is 0 Å². The SMILES string of the molecule is O=C(NC1CCNCC1)c1ccc(NS(=O)(=O)c2ccc(F)c(F)c2)cc1. The van der Waals surface area contributed by atoms with E-state index in [1.807, 2.05) is 0 Å². The zero-order valence-electron chi connectivity index (χ0n) is 14.3. The minimum Gasteiger partial charge on any atom is -0.349 e. The molecule has 0 bridgehead atoms. The van der Waals surface area contributed by atoms with Gasteiger partial charge in [0.15, 0.2) is 11.6 Å². The molecule has 1 amide bonds. The predicted molar refractivity (Wildman–Crippen MR) is 97.0 cm³/mol. The standard InChI is InChI=1S/C18H19F2N3O3S/c19-16-6-5-15(11-17(16)20)27(25,26)23-14-3-1-12(2-4-14)18(24)22-13-7-9-21-10-8-13/h1-6,11,13,21,23H,7-10H2,(H,22,24). The second-order valence-electron chi connectivity index (χ2n) is 6.26. The molecular formula is C18H19F2N3O3S. The molecule has 0 unspecified atom stereocenters. The Morgan fingerprint density at radius 2 is 1.67 bits per heavy atom. The molecule has 1 heterocycles. The maximum atomic E-state index is 13.3. The van der Waals surface area contributed by atoms with Gasteiger partial charge in [0.05, 0.1) is 4.90 Å². The molecule has 2 aromatic rings. The fraction of sp³-hybridized carbons (Fsp3) is 0.278. The zero-order valence-corrected chi connectivity index (χ0v) is 15.2. The van der Waals surface area contributed by atoms with Gasteiger partial charge in [0, 0.05) is 17.3 Å². The highest BCUT2D eigenvalue weighted by Crippen LogP contribution is 2.19. The van der Waals surface area contributed by atoms with Gasteiger partial charge in [-0.3, -0.25) is 9.52 Å². The third-order valence-electron chi connectivity index (χ3n) is 4.28. The van der Waals surface area contributed by atoms with Gasteiger partial charge in [-0.05, 0) is 68.4 Å². The monoisotopic (exact) mass is 395 g/mol. The number of amides is 1. The van der Waals surface area contributed by atoms with E-state index in [0.29, 0.717) is 11.6 Å². The number of benzene rings is 2. The first kappa shape index (κ1) is 19.2. The van der Waals surface area contributed by atoms with Crippen molar-refractivity contribution < 1.29 is 22.0 Å². The number of hydrogen-bond acceptors (Lipinski definition) is 4. The zero-order chi connectivity index (χ0) is 19.4. The van der Waals surface area contributed by atoms with Crippen molar-refractivity contribution in [1.82, 2.24) is 10.6 Å². The molecule has 6 nitrogen and oxygen atoms in total. The van der Waals surface area contributed by atoms with E-state index in [2.05, 4.69) is 15.4 Å². The van der Waals surface area contributed by atoms with Crippen molar-refractivity contribution >= 4 is 21.6 Å². The Morgan fingerprint density at radius 1 is 1.00 bits per heavy atom. The molecule has 9 heteroatoms. The summed E-state index contributed by atoms with van der Waals surface area (Å²) in [7, 11) is -4.07. The Labute approximate surface area is 156 Å². The molecule has 0 spiro atoms. The van der Waals surface area contributed by atoms with Gasteiger partial charge in [-0.1, -0.05) is 0 Å². The number of halogens is 2. The molecule has 0 atom stereocenters. The normalized spacial score (nSPS) is 15.3. The summed E-state index contributed by atoms with van der Waals surface area (Å²) in [5.41, 5.74) is 0.613.